The van der Waals surface area contributed by atoms with Gasteiger partial charge >= 0.3 is 0 Å². The number of piperazine rings is 1. The van der Waals surface area contributed by atoms with Gasteiger partial charge in [-0.1, -0.05) is 11.6 Å². The van der Waals surface area contributed by atoms with E-state index in [1.165, 1.54) is 0 Å². The van der Waals surface area contributed by atoms with Gasteiger partial charge in [0.15, 0.2) is 0 Å². The van der Waals surface area contributed by atoms with Gasteiger partial charge < -0.3 is 4.98 Å². The Morgan fingerprint density at radius 1 is 1.23 bits per heavy atom. The number of hydrogen-bond donors (Lipinski definition) is 1. The van der Waals surface area contributed by atoms with Gasteiger partial charge in [0.05, 0.1) is 22.5 Å². The predicted octanol–water partition coefficient (Wildman–Crippen LogP) is 2.14. The molecule has 0 radical (unpaired) electrons. The number of rotatable bonds is 3. The van der Waals surface area contributed by atoms with Gasteiger partial charge in [-0.2, -0.15) is 5.26 Å². The second kappa shape index (κ2) is 5.53. The normalized spacial score (nSPS) is 31.2. The largest absolute Gasteiger partial charge is 0.319 e. The molecule has 2 aromatic heterocycles. The van der Waals surface area contributed by atoms with Crippen LogP contribution in [-0.4, -0.2) is 51.5 Å². The van der Waals surface area contributed by atoms with Crippen LogP contribution in [0.2, 0.25) is 5.02 Å². The second-order valence-electron chi connectivity index (χ2n) is 8.13. The Labute approximate surface area is 156 Å². The SMILES string of the molecule is N#CC12CC(N3CCN(Cc4cnc5cc(Cl)c(=O)[nH]c5c4)CC3)(C1)C2. The molecule has 0 aromatic carbocycles. The van der Waals surface area contributed by atoms with Crippen LogP contribution in [0.15, 0.2) is 23.1 Å². The van der Waals surface area contributed by atoms with Crippen LogP contribution in [0.3, 0.4) is 0 Å². The van der Waals surface area contributed by atoms with Crippen molar-refractivity contribution in [1.82, 2.24) is 19.8 Å². The predicted molar refractivity (Wildman–Crippen MR) is 98.9 cm³/mol. The first-order chi connectivity index (χ1) is 12.5. The molecule has 3 saturated carbocycles. The summed E-state index contributed by atoms with van der Waals surface area (Å²) in [4.78, 5) is 23.9. The molecule has 1 N–H and O–H groups in total. The molecule has 0 atom stereocenters. The van der Waals surface area contributed by atoms with E-state index in [0.29, 0.717) is 11.1 Å². The summed E-state index contributed by atoms with van der Waals surface area (Å²) in [6, 6.07) is 6.09. The number of fused-ring (bicyclic) bond motifs is 1. The summed E-state index contributed by atoms with van der Waals surface area (Å²) in [5.41, 5.74) is 2.61. The molecule has 134 valence electrons. The fraction of sp³-hybridized carbons (Fsp3) is 0.526. The van der Waals surface area contributed by atoms with E-state index >= 15 is 0 Å². The molecule has 4 aliphatic rings. The van der Waals surface area contributed by atoms with Crippen LogP contribution in [0, 0.1) is 16.7 Å². The van der Waals surface area contributed by atoms with Crippen molar-refractivity contribution in [2.45, 2.75) is 31.3 Å². The number of H-pyrrole nitrogens is 1. The average molecular weight is 370 g/mol. The molecule has 1 aliphatic heterocycles. The zero-order chi connectivity index (χ0) is 17.9. The van der Waals surface area contributed by atoms with Gasteiger partial charge in [-0.25, -0.2) is 0 Å². The maximum Gasteiger partial charge on any atom is 0.267 e. The van der Waals surface area contributed by atoms with Gasteiger partial charge in [-0.15, -0.1) is 0 Å². The highest BCUT2D eigenvalue weighted by Crippen LogP contribution is 2.69. The molecule has 7 heteroatoms. The Morgan fingerprint density at radius 2 is 1.96 bits per heavy atom. The van der Waals surface area contributed by atoms with Crippen LogP contribution in [0.1, 0.15) is 24.8 Å². The van der Waals surface area contributed by atoms with Crippen molar-refractivity contribution in [1.29, 1.82) is 5.26 Å². The van der Waals surface area contributed by atoms with Gasteiger partial charge in [-0.05, 0) is 37.0 Å². The second-order valence-corrected chi connectivity index (χ2v) is 8.54. The van der Waals surface area contributed by atoms with Gasteiger partial charge in [0.1, 0.15) is 5.02 Å². The van der Waals surface area contributed by atoms with Crippen molar-refractivity contribution in [2.75, 3.05) is 26.2 Å². The van der Waals surface area contributed by atoms with Crippen molar-refractivity contribution in [3.05, 3.63) is 39.3 Å². The fourth-order valence-corrected chi connectivity index (χ4v) is 5.17. The van der Waals surface area contributed by atoms with Crippen molar-refractivity contribution in [3.63, 3.8) is 0 Å². The minimum atomic E-state index is -0.277. The van der Waals surface area contributed by atoms with E-state index in [1.54, 1.807) is 6.07 Å². The third-order valence-electron chi connectivity index (χ3n) is 6.39. The quantitative estimate of drug-likeness (QED) is 0.897. The molecule has 6 rings (SSSR count). The molecule has 1 saturated heterocycles. The third kappa shape index (κ3) is 2.38. The van der Waals surface area contributed by atoms with Crippen molar-refractivity contribution < 1.29 is 0 Å². The molecule has 0 unspecified atom stereocenters. The van der Waals surface area contributed by atoms with Gasteiger partial charge in [0.2, 0.25) is 0 Å². The molecule has 0 spiro atoms. The molecule has 6 nitrogen and oxygen atoms in total. The van der Waals surface area contributed by atoms with Gasteiger partial charge in [-0.3, -0.25) is 19.6 Å². The van der Waals surface area contributed by atoms with E-state index in [2.05, 4.69) is 25.8 Å². The summed E-state index contributed by atoms with van der Waals surface area (Å²) in [7, 11) is 0. The third-order valence-corrected chi connectivity index (χ3v) is 6.67. The lowest BCUT2D eigenvalue weighted by atomic mass is 9.39. The van der Waals surface area contributed by atoms with Gasteiger partial charge in [0, 0.05) is 44.5 Å². The Bertz CT molecular complexity index is 966. The molecule has 4 fully saturated rings. The zero-order valence-corrected chi connectivity index (χ0v) is 15.2. The summed E-state index contributed by atoms with van der Waals surface area (Å²) in [5, 5.41) is 9.36. The molecule has 0 amide bonds. The molecule has 2 aromatic rings. The summed E-state index contributed by atoms with van der Waals surface area (Å²) in [6.45, 7) is 5.01. The smallest absolute Gasteiger partial charge is 0.267 e. The number of halogens is 1. The highest BCUT2D eigenvalue weighted by molar-refractivity contribution is 6.30. The van der Waals surface area contributed by atoms with Crippen LogP contribution >= 0.6 is 11.6 Å². The monoisotopic (exact) mass is 369 g/mol. The summed E-state index contributed by atoms with van der Waals surface area (Å²) >= 11 is 5.86. The number of aromatic nitrogens is 2. The summed E-state index contributed by atoms with van der Waals surface area (Å²) in [5.74, 6) is 0. The first-order valence-corrected chi connectivity index (χ1v) is 9.45. The lowest BCUT2D eigenvalue weighted by Gasteiger charge is -2.71. The maximum absolute atomic E-state index is 11.7. The fourth-order valence-electron chi connectivity index (χ4n) is 5.01. The first-order valence-electron chi connectivity index (χ1n) is 9.07. The lowest BCUT2D eigenvalue weighted by molar-refractivity contribution is -0.195. The van der Waals surface area contributed by atoms with Crippen LogP contribution in [-0.2, 0) is 6.54 Å². The lowest BCUT2D eigenvalue weighted by Crippen LogP contribution is -2.75. The van der Waals surface area contributed by atoms with E-state index in [1.807, 2.05) is 12.3 Å². The topological polar surface area (TPSA) is 76.0 Å². The molecule has 3 aliphatic carbocycles. The molecule has 3 heterocycles. The molecular weight excluding hydrogens is 350 g/mol. The Hall–Kier alpha value is -1.94. The van der Waals surface area contributed by atoms with Crippen molar-refractivity contribution >= 4 is 22.6 Å². The number of nitrogens with zero attached hydrogens (tertiary/aromatic N) is 4. The van der Waals surface area contributed by atoms with Crippen LogP contribution in [0.4, 0.5) is 0 Å². The number of pyridine rings is 2. The van der Waals surface area contributed by atoms with E-state index in [-0.39, 0.29) is 16.0 Å². The van der Waals surface area contributed by atoms with E-state index in [0.717, 1.165) is 63.1 Å². The molecule has 2 bridgehead atoms. The highest BCUT2D eigenvalue weighted by Gasteiger charge is 2.70. The standard InChI is InChI=1S/C19H20ClN5O/c20-14-6-15-16(23-17(14)26)5-13(7-22-15)8-24-1-3-25(4-2-24)19-9-18(10-19,11-19)12-21/h5-7H,1-4,8-11H2,(H,23,26). The Kier molecular flexibility index (Phi) is 3.45. The highest BCUT2D eigenvalue weighted by atomic mass is 35.5. The van der Waals surface area contributed by atoms with E-state index < -0.39 is 0 Å². The summed E-state index contributed by atoms with van der Waals surface area (Å²) in [6.07, 6.45) is 5.07. The van der Waals surface area contributed by atoms with E-state index in [9.17, 15) is 10.1 Å². The number of hydrogen-bond acceptors (Lipinski definition) is 5. The number of aromatic amines is 1. The van der Waals surface area contributed by atoms with Crippen molar-refractivity contribution in [3.8, 4) is 6.07 Å². The van der Waals surface area contributed by atoms with E-state index in [4.69, 9.17) is 11.6 Å². The van der Waals surface area contributed by atoms with Crippen LogP contribution < -0.4 is 5.56 Å². The number of nitrogens with one attached hydrogen (secondary N) is 1. The first kappa shape index (κ1) is 16.2. The van der Waals surface area contributed by atoms with Crippen molar-refractivity contribution in [2.24, 2.45) is 5.41 Å². The van der Waals surface area contributed by atoms with Crippen LogP contribution in [0.5, 0.6) is 0 Å². The Morgan fingerprint density at radius 3 is 2.65 bits per heavy atom. The minimum absolute atomic E-state index is 0.0215. The average Bonchev–Trinajstić information content (AvgIpc) is 2.56. The maximum atomic E-state index is 11.7. The molecule has 26 heavy (non-hydrogen) atoms. The van der Waals surface area contributed by atoms with Crippen LogP contribution in [0.25, 0.3) is 11.0 Å². The Balaban J connectivity index is 1.23. The minimum Gasteiger partial charge on any atom is -0.319 e. The summed E-state index contributed by atoms with van der Waals surface area (Å²) < 4.78 is 0. The van der Waals surface area contributed by atoms with Gasteiger partial charge in [0.25, 0.3) is 5.56 Å². The number of nitriles is 1. The molecular formula is C19H20ClN5O. The zero-order valence-electron chi connectivity index (χ0n) is 14.5.